The molecule has 0 aliphatic carbocycles. The zero-order valence-corrected chi connectivity index (χ0v) is 22.4. The Labute approximate surface area is 228 Å². The van der Waals surface area contributed by atoms with E-state index in [1.165, 1.54) is 18.9 Å². The van der Waals surface area contributed by atoms with Gasteiger partial charge in [0.25, 0.3) is 0 Å². The number of aromatic nitrogens is 1. The molecule has 0 amide bonds. The van der Waals surface area contributed by atoms with Crippen molar-refractivity contribution in [3.63, 3.8) is 0 Å². The highest BCUT2D eigenvalue weighted by Gasteiger charge is 2.41. The molecule has 210 valence electrons. The van der Waals surface area contributed by atoms with Gasteiger partial charge in [0.15, 0.2) is 17.5 Å². The van der Waals surface area contributed by atoms with Crippen molar-refractivity contribution >= 4 is 28.6 Å². The van der Waals surface area contributed by atoms with E-state index in [1.807, 2.05) is 0 Å². The Morgan fingerprint density at radius 3 is 2.51 bits per heavy atom. The molecule has 4 rings (SSSR count). The highest BCUT2D eigenvalue weighted by Crippen LogP contribution is 2.41. The van der Waals surface area contributed by atoms with E-state index < -0.39 is 35.0 Å². The number of rotatable bonds is 11. The number of hydrogen-bond acceptors (Lipinski definition) is 6. The monoisotopic (exact) mass is 565 g/mol. The molecule has 1 aliphatic rings. The van der Waals surface area contributed by atoms with E-state index in [-0.39, 0.29) is 24.3 Å². The lowest BCUT2D eigenvalue weighted by Crippen LogP contribution is -2.45. The number of carboxylic acids is 1. The number of thioether (sulfide) groups is 1. The number of nitrogens with zero attached hydrogens (tertiary/aromatic N) is 2. The van der Waals surface area contributed by atoms with E-state index in [4.69, 9.17) is 10.5 Å². The average molecular weight is 566 g/mol. The number of halogens is 4. The van der Waals surface area contributed by atoms with Gasteiger partial charge in [0.1, 0.15) is 11.9 Å². The van der Waals surface area contributed by atoms with Gasteiger partial charge in [0.05, 0.1) is 18.0 Å². The molecule has 3 aromatic rings. The third-order valence-corrected chi connectivity index (χ3v) is 8.46. The lowest BCUT2D eigenvalue weighted by molar-refractivity contribution is -0.153. The summed E-state index contributed by atoms with van der Waals surface area (Å²) in [7, 11) is 1.53. The molecule has 39 heavy (non-hydrogen) atoms. The first-order valence-corrected chi connectivity index (χ1v) is 13.7. The van der Waals surface area contributed by atoms with Gasteiger partial charge < -0.3 is 20.5 Å². The molecule has 0 spiro atoms. The van der Waals surface area contributed by atoms with Gasteiger partial charge in [-0.3, -0.25) is 9.78 Å². The van der Waals surface area contributed by atoms with Crippen molar-refractivity contribution in [2.75, 3.05) is 32.5 Å². The van der Waals surface area contributed by atoms with Crippen molar-refractivity contribution < 1.29 is 32.2 Å². The van der Waals surface area contributed by atoms with Crippen LogP contribution in [0.25, 0.3) is 10.9 Å². The third-order valence-electron chi connectivity index (χ3n) is 7.51. The normalized spacial score (nSPS) is 16.4. The van der Waals surface area contributed by atoms with E-state index in [1.54, 1.807) is 24.4 Å². The predicted octanol–water partition coefficient (Wildman–Crippen LogP) is 5.87. The molecule has 2 aromatic carbocycles. The van der Waals surface area contributed by atoms with Crippen molar-refractivity contribution in [3.05, 3.63) is 65.1 Å². The van der Waals surface area contributed by atoms with Crippen LogP contribution in [-0.4, -0.2) is 53.5 Å². The molecule has 2 heterocycles. The second-order valence-electron chi connectivity index (χ2n) is 9.77. The summed E-state index contributed by atoms with van der Waals surface area (Å²) in [5.74, 6) is -3.84. The number of hydrogen-bond donors (Lipinski definition) is 2. The summed E-state index contributed by atoms with van der Waals surface area (Å²) < 4.78 is 61.1. The first-order valence-electron chi connectivity index (χ1n) is 12.7. The summed E-state index contributed by atoms with van der Waals surface area (Å²) in [6.45, 7) is 1.67. The molecule has 1 aliphatic heterocycles. The molecule has 1 saturated heterocycles. The van der Waals surface area contributed by atoms with Crippen LogP contribution in [0.5, 0.6) is 5.75 Å². The van der Waals surface area contributed by atoms with Crippen molar-refractivity contribution in [3.8, 4) is 5.75 Å². The lowest BCUT2D eigenvalue weighted by Gasteiger charge is -2.39. The van der Waals surface area contributed by atoms with Crippen LogP contribution in [-0.2, 0) is 11.3 Å². The number of methoxy groups -OCH3 is 1. The Kier molecular flexibility index (Phi) is 9.35. The average Bonchev–Trinajstić information content (AvgIpc) is 2.94. The maximum atomic E-state index is 15.8. The van der Waals surface area contributed by atoms with Gasteiger partial charge in [0.2, 0.25) is 0 Å². The van der Waals surface area contributed by atoms with Crippen LogP contribution in [0.15, 0.2) is 41.4 Å². The van der Waals surface area contributed by atoms with Crippen LogP contribution in [0.1, 0.15) is 43.0 Å². The number of benzene rings is 2. The third kappa shape index (κ3) is 6.47. The molecule has 0 unspecified atom stereocenters. The largest absolute Gasteiger partial charge is 0.497 e. The van der Waals surface area contributed by atoms with E-state index in [0.717, 1.165) is 12.1 Å². The molecular weight excluding hydrogens is 534 g/mol. The number of ether oxygens (including phenoxy) is 1. The minimum Gasteiger partial charge on any atom is -0.497 e. The highest BCUT2D eigenvalue weighted by molar-refractivity contribution is 7.99. The Bertz CT molecular complexity index is 1310. The molecule has 0 saturated carbocycles. The summed E-state index contributed by atoms with van der Waals surface area (Å²) in [5.41, 5.74) is 6.43. The summed E-state index contributed by atoms with van der Waals surface area (Å²) >= 11 is 1.20. The number of aliphatic carboxylic acids is 1. The zero-order valence-electron chi connectivity index (χ0n) is 21.6. The topological polar surface area (TPSA) is 88.7 Å². The predicted molar refractivity (Wildman–Crippen MR) is 142 cm³/mol. The van der Waals surface area contributed by atoms with Gasteiger partial charge in [-0.05, 0) is 74.7 Å². The molecule has 3 N–H and O–H groups in total. The molecule has 11 heteroatoms. The molecule has 1 aromatic heterocycles. The number of fused-ring (bicyclic) bond motifs is 1. The summed E-state index contributed by atoms with van der Waals surface area (Å²) in [6, 6.07) is 7.14. The van der Waals surface area contributed by atoms with Crippen molar-refractivity contribution in [2.45, 2.75) is 43.3 Å². The standard InChI is InChI=1S/C28H31F4N3O3S/c1-38-18-2-3-24-20(12-18)25(17(15-33)16-34-24)21(29)4-5-28(27(36)37)6-8-35(9-7-28)10-11-39-19-13-22(30)26(32)23(31)14-19/h2-3,12-14,16,21H,4-11,15,33H2,1H3,(H,36,37)/t21-/m1/s1. The van der Waals surface area contributed by atoms with Gasteiger partial charge in [-0.25, -0.2) is 17.6 Å². The van der Waals surface area contributed by atoms with Gasteiger partial charge in [0, 0.05) is 40.9 Å². The highest BCUT2D eigenvalue weighted by atomic mass is 32.2. The molecule has 1 atom stereocenters. The second kappa shape index (κ2) is 12.5. The zero-order chi connectivity index (χ0) is 28.2. The smallest absolute Gasteiger partial charge is 0.309 e. The SMILES string of the molecule is COc1ccc2ncc(CN)c([C@H](F)CCC3(C(=O)O)CCN(CCSc4cc(F)c(F)c(F)c4)CC3)c2c1. The van der Waals surface area contributed by atoms with Crippen LogP contribution in [0.3, 0.4) is 0 Å². The van der Waals surface area contributed by atoms with Crippen molar-refractivity contribution in [1.29, 1.82) is 0 Å². The summed E-state index contributed by atoms with van der Waals surface area (Å²) in [4.78, 5) is 19.1. The van der Waals surface area contributed by atoms with Crippen LogP contribution in [0.2, 0.25) is 0 Å². The number of carbonyl (C=O) groups is 1. The number of pyridine rings is 1. The molecule has 6 nitrogen and oxygen atoms in total. The Morgan fingerprint density at radius 1 is 1.21 bits per heavy atom. The van der Waals surface area contributed by atoms with Crippen molar-refractivity contribution in [1.82, 2.24) is 9.88 Å². The summed E-state index contributed by atoms with van der Waals surface area (Å²) in [6.07, 6.45) is 1.03. The Morgan fingerprint density at radius 2 is 1.90 bits per heavy atom. The van der Waals surface area contributed by atoms with Crippen LogP contribution in [0.4, 0.5) is 17.6 Å². The minimum absolute atomic E-state index is 0.0210. The van der Waals surface area contributed by atoms with Crippen LogP contribution >= 0.6 is 11.8 Å². The second-order valence-corrected chi connectivity index (χ2v) is 10.9. The lowest BCUT2D eigenvalue weighted by atomic mass is 9.74. The summed E-state index contributed by atoms with van der Waals surface area (Å²) in [5, 5.41) is 10.7. The fraction of sp³-hybridized carbons (Fsp3) is 0.429. The number of carboxylic acid groups (broad SMARTS) is 1. The molecule has 0 bridgehead atoms. The van der Waals surface area contributed by atoms with Gasteiger partial charge in [-0.1, -0.05) is 0 Å². The molecular formula is C28H31F4N3O3S. The van der Waals surface area contributed by atoms with Crippen molar-refractivity contribution in [2.24, 2.45) is 11.1 Å². The fourth-order valence-corrected chi connectivity index (χ4v) is 6.08. The van der Waals surface area contributed by atoms with Gasteiger partial charge >= 0.3 is 5.97 Å². The Balaban J connectivity index is 1.38. The van der Waals surface area contributed by atoms with E-state index in [0.29, 0.717) is 66.0 Å². The van der Waals surface area contributed by atoms with E-state index in [9.17, 15) is 23.1 Å². The maximum Gasteiger partial charge on any atom is 0.309 e. The van der Waals surface area contributed by atoms with Crippen LogP contribution < -0.4 is 10.5 Å². The number of likely N-dealkylation sites (tertiary alicyclic amines) is 1. The van der Waals surface area contributed by atoms with Crippen LogP contribution in [0, 0.1) is 22.9 Å². The molecule has 0 radical (unpaired) electrons. The number of alkyl halides is 1. The first kappa shape index (κ1) is 29.1. The minimum atomic E-state index is -1.49. The Hall–Kier alpha value is -2.89. The number of piperidine rings is 1. The fourth-order valence-electron chi connectivity index (χ4n) is 5.12. The quantitative estimate of drug-likeness (QED) is 0.171. The van der Waals surface area contributed by atoms with E-state index >= 15 is 4.39 Å². The van der Waals surface area contributed by atoms with E-state index in [2.05, 4.69) is 9.88 Å². The first-order chi connectivity index (χ1) is 18.7. The maximum absolute atomic E-state index is 15.8. The molecule has 1 fully saturated rings. The number of nitrogens with two attached hydrogens (primary N) is 1. The van der Waals surface area contributed by atoms with Gasteiger partial charge in [-0.2, -0.15) is 0 Å². The van der Waals surface area contributed by atoms with Gasteiger partial charge in [-0.15, -0.1) is 11.8 Å².